The van der Waals surface area contributed by atoms with Gasteiger partial charge in [-0.15, -0.1) is 5.10 Å². The van der Waals surface area contributed by atoms with E-state index in [-0.39, 0.29) is 100 Å². The van der Waals surface area contributed by atoms with Crippen molar-refractivity contribution in [1.82, 2.24) is 61.8 Å². The number of cyclic esters (lactones) is 1. The molecule has 3 aromatic heterocycles. The Morgan fingerprint density at radius 1 is 0.869 bits per heavy atom. The predicted octanol–water partition coefficient (Wildman–Crippen LogP) is 4.06. The molecular weight excluding hydrogens is 1390 g/mol. The van der Waals surface area contributed by atoms with Crippen LogP contribution in [0.5, 0.6) is 0 Å². The third-order valence-electron chi connectivity index (χ3n) is 19.8. The number of nitrogens with one attached hydrogen (secondary N) is 8. The van der Waals surface area contributed by atoms with Crippen molar-refractivity contribution in [2.45, 2.75) is 195 Å². The van der Waals surface area contributed by atoms with Crippen molar-refractivity contribution >= 4 is 70.1 Å². The number of carbonyl (C=O) groups excluding carboxylic acids is 9. The Hall–Kier alpha value is -9.54. The second kappa shape index (κ2) is 37.3. The Kier molecular flexibility index (Phi) is 28.4. The van der Waals surface area contributed by atoms with Crippen LogP contribution in [0.1, 0.15) is 175 Å². The number of carbonyl (C=O) groups is 9. The quantitative estimate of drug-likeness (QED) is 0.0149. The van der Waals surface area contributed by atoms with Gasteiger partial charge >= 0.3 is 18.1 Å². The number of benzene rings is 2. The van der Waals surface area contributed by atoms with E-state index < -0.39 is 114 Å². The van der Waals surface area contributed by atoms with Gasteiger partial charge in [-0.05, 0) is 122 Å². The Morgan fingerprint density at radius 3 is 2.37 bits per heavy atom. The van der Waals surface area contributed by atoms with Crippen molar-refractivity contribution in [2.24, 2.45) is 28.7 Å². The highest BCUT2D eigenvalue weighted by Crippen LogP contribution is 2.46. The number of urea groups is 1. The Bertz CT molecular complexity index is 4130. The van der Waals surface area contributed by atoms with E-state index >= 15 is 4.39 Å². The number of esters is 1. The molecule has 7 atom stereocenters. The molecule has 2 aliphatic carbocycles. The van der Waals surface area contributed by atoms with E-state index in [9.17, 15) is 53.1 Å². The van der Waals surface area contributed by atoms with Gasteiger partial charge in [0.15, 0.2) is 5.60 Å². The number of hydrogen-bond acceptors (Lipinski definition) is 21. The lowest BCUT2D eigenvalue weighted by Crippen LogP contribution is -2.55. The van der Waals surface area contributed by atoms with Gasteiger partial charge in [0.1, 0.15) is 69.4 Å². The summed E-state index contributed by atoms with van der Waals surface area (Å²) in [6.07, 6.45) is 4.60. The van der Waals surface area contributed by atoms with Gasteiger partial charge in [-0.3, -0.25) is 33.6 Å². The van der Waals surface area contributed by atoms with Crippen LogP contribution in [0.2, 0.25) is 0 Å². The lowest BCUT2D eigenvalue weighted by atomic mass is 9.81. The molecular formula is C74H102FN15O17. The van der Waals surface area contributed by atoms with E-state index in [1.165, 1.54) is 10.6 Å². The molecule has 0 fully saturated rings. The molecule has 5 heterocycles. The van der Waals surface area contributed by atoms with E-state index in [1.807, 2.05) is 32.4 Å². The van der Waals surface area contributed by atoms with E-state index in [2.05, 4.69) is 52.8 Å². The maximum atomic E-state index is 15.4. The van der Waals surface area contributed by atoms with Crippen LogP contribution in [-0.4, -0.2) is 167 Å². The third-order valence-corrected chi connectivity index (χ3v) is 19.8. The van der Waals surface area contributed by atoms with E-state index in [1.54, 1.807) is 58.0 Å². The molecule has 13 N–H and O–H groups in total. The van der Waals surface area contributed by atoms with Crippen molar-refractivity contribution in [1.29, 1.82) is 0 Å². The molecule has 32 nitrogen and oxygen atoms in total. The molecule has 9 amide bonds. The standard InChI is InChI=1S/C74H102FN15O17/c1-9-56(42(5)32-79-60(93)38-104-57-17-13-11-12-16-54-66(57)87-88-90(54)26-28-102-27-24-76)107-39-73(7,8)31-58(91)86-64(41(3)4)68(96)85-52(15-14-25-78-71(77)99)67(95)82-45-20-18-44(19-21-45)35-106-72(100)80-33-59(92)81-40-103-37-61(94)83-51-23-22-46-43(6)50(75)30-53-62(46)63(51)47-34-89-55(65(47)84-53)29-49-48(69(89)97)36-105-70(98)74(49,101)10-2/h18-21,29-30,41-42,51-52,56-57,64,101H,9-17,22-28,31-40,76H2,1-8H3,(H,79,93)(H,80,100)(H,81,92)(H,82,95)(H,83,94)(H,85,96)(H,86,91)(H3,77,78,99)/t42?,51-,52-,56?,57?,64-,74-/m0/s1. The number of ether oxygens (including phenoxy) is 6. The number of aryl methyl sites for hydroxylation is 1. The SMILES string of the molecule is CCC(OCC(C)(C)CC(=O)N[C@H](C(=O)N[C@@H](CCCNC(N)=O)C(=O)Nc1ccc(COC(=O)NCC(=O)NCOCC(=O)N[C@H]2CCc3c(C)c(F)cc4nc5c(c2c34)Cn2c-5cc3c(c2=O)COC(=O)[C@]3(O)CC)cc1)C(C)C)C(C)CNC(=O)COC1CCCCCc2c1nnn2CCOCCN. The van der Waals surface area contributed by atoms with Crippen LogP contribution in [0.15, 0.2) is 41.2 Å². The van der Waals surface area contributed by atoms with Crippen LogP contribution >= 0.6 is 0 Å². The average molecular weight is 1490 g/mol. The molecule has 0 spiro atoms. The fourth-order valence-corrected chi connectivity index (χ4v) is 14.0. The molecule has 0 radical (unpaired) electrons. The molecule has 5 aromatic rings. The number of aromatic nitrogens is 5. The topological polar surface area (TPSA) is 443 Å². The van der Waals surface area contributed by atoms with E-state index in [0.29, 0.717) is 102 Å². The zero-order chi connectivity index (χ0) is 77.3. The molecule has 33 heteroatoms. The van der Waals surface area contributed by atoms with Gasteiger partial charge in [-0.25, -0.2) is 28.4 Å². The summed E-state index contributed by atoms with van der Waals surface area (Å²) in [5, 5.41) is 42.6. The Balaban J connectivity index is 0.690. The number of nitrogens with zero attached hydrogens (tertiary/aromatic N) is 5. The minimum atomic E-state index is -2.06. The van der Waals surface area contributed by atoms with Gasteiger partial charge < -0.3 is 92.1 Å². The summed E-state index contributed by atoms with van der Waals surface area (Å²) in [6, 6.07) is 5.57. The molecule has 0 bridgehead atoms. The van der Waals surface area contributed by atoms with Crippen molar-refractivity contribution in [2.75, 3.05) is 71.3 Å². The highest BCUT2D eigenvalue weighted by molar-refractivity contribution is 5.99. The van der Waals surface area contributed by atoms with Gasteiger partial charge in [-0.1, -0.05) is 78.7 Å². The number of pyridine rings is 2. The predicted molar refractivity (Wildman–Crippen MR) is 388 cm³/mol. The van der Waals surface area contributed by atoms with E-state index in [0.717, 1.165) is 49.1 Å². The minimum absolute atomic E-state index is 0.00846. The number of halogens is 1. The number of hydrogen-bond donors (Lipinski definition) is 11. The maximum absolute atomic E-state index is 15.4. The van der Waals surface area contributed by atoms with Crippen LogP contribution in [-0.2, 0) is 107 Å². The number of alkyl carbamates (subject to hydrolysis) is 1. The first kappa shape index (κ1) is 81.5. The largest absolute Gasteiger partial charge is 0.458 e. The normalized spacial score (nSPS) is 17.6. The summed E-state index contributed by atoms with van der Waals surface area (Å²) in [6.45, 7) is 15.0. The number of anilines is 1. The average Bonchev–Trinajstić information content (AvgIpc) is 1.59. The first-order valence-electron chi connectivity index (χ1n) is 36.7. The number of primary amides is 1. The highest BCUT2D eigenvalue weighted by atomic mass is 19.1. The summed E-state index contributed by atoms with van der Waals surface area (Å²) in [5.74, 6) is -4.96. The van der Waals surface area contributed by atoms with Crippen molar-refractivity contribution < 1.29 is 81.1 Å². The van der Waals surface area contributed by atoms with Gasteiger partial charge in [0, 0.05) is 54.3 Å². The van der Waals surface area contributed by atoms with Crippen LogP contribution < -0.4 is 59.6 Å². The first-order chi connectivity index (χ1) is 51.1. The number of fused-ring (bicyclic) bond motifs is 6. The summed E-state index contributed by atoms with van der Waals surface area (Å²) in [5.41, 5.74) is 13.9. The zero-order valence-electron chi connectivity index (χ0n) is 62.1. The van der Waals surface area contributed by atoms with Crippen molar-refractivity contribution in [3.63, 3.8) is 0 Å². The smallest absolute Gasteiger partial charge is 0.407 e. The molecule has 9 rings (SSSR count). The number of rotatable bonds is 37. The Morgan fingerprint density at radius 2 is 1.64 bits per heavy atom. The van der Waals surface area contributed by atoms with Crippen molar-refractivity contribution in [3.05, 3.63) is 103 Å². The monoisotopic (exact) mass is 1490 g/mol. The molecule has 2 aromatic carbocycles. The molecule has 2 aliphatic heterocycles. The van der Waals surface area contributed by atoms with Crippen LogP contribution in [0.3, 0.4) is 0 Å². The second-order valence-corrected chi connectivity index (χ2v) is 28.8. The molecule has 0 saturated carbocycles. The lowest BCUT2D eigenvalue weighted by molar-refractivity contribution is -0.172. The minimum Gasteiger partial charge on any atom is -0.458 e. The third kappa shape index (κ3) is 20.8. The summed E-state index contributed by atoms with van der Waals surface area (Å²) in [7, 11) is 0. The molecule has 582 valence electrons. The van der Waals surface area contributed by atoms with Crippen LogP contribution in [0.25, 0.3) is 22.3 Å². The molecule has 107 heavy (non-hydrogen) atoms. The fourth-order valence-electron chi connectivity index (χ4n) is 14.0. The highest BCUT2D eigenvalue weighted by Gasteiger charge is 2.46. The zero-order valence-corrected chi connectivity index (χ0v) is 62.1. The maximum Gasteiger partial charge on any atom is 0.407 e. The van der Waals surface area contributed by atoms with Crippen LogP contribution in [0.4, 0.5) is 19.7 Å². The molecule has 0 saturated heterocycles. The molecule has 3 unspecified atom stereocenters. The Labute approximate surface area is 619 Å². The van der Waals surface area contributed by atoms with E-state index in [4.69, 9.17) is 44.9 Å². The van der Waals surface area contributed by atoms with Gasteiger partial charge in [0.25, 0.3) is 5.56 Å². The first-order valence-corrected chi connectivity index (χ1v) is 36.7. The van der Waals surface area contributed by atoms with Gasteiger partial charge in [-0.2, -0.15) is 0 Å². The summed E-state index contributed by atoms with van der Waals surface area (Å²) in [4.78, 5) is 137. The number of nitrogens with two attached hydrogens (primary N) is 2. The number of amides is 9. The van der Waals surface area contributed by atoms with Crippen molar-refractivity contribution in [3.8, 4) is 11.4 Å². The lowest BCUT2D eigenvalue weighted by Gasteiger charge is -2.31. The van der Waals surface area contributed by atoms with Crippen LogP contribution in [0, 0.1) is 30.0 Å². The summed E-state index contributed by atoms with van der Waals surface area (Å²) >= 11 is 0. The van der Waals surface area contributed by atoms with Gasteiger partial charge in [0.2, 0.25) is 35.4 Å². The fraction of sp³-hybridized carbons (Fsp3) is 0.581. The molecule has 4 aliphatic rings. The summed E-state index contributed by atoms with van der Waals surface area (Å²) < 4.78 is 52.9. The number of aliphatic hydroxyl groups is 1. The second-order valence-electron chi connectivity index (χ2n) is 28.8. The van der Waals surface area contributed by atoms with Gasteiger partial charge in [0.05, 0.1) is 73.2 Å².